The molecule has 1 saturated heterocycles. The van der Waals surface area contributed by atoms with Gasteiger partial charge in [-0.15, -0.1) is 0 Å². The highest BCUT2D eigenvalue weighted by Crippen LogP contribution is 2.57. The third-order valence-corrected chi connectivity index (χ3v) is 7.11. The standard InChI is InChI=1S/C21H26N6O3/c28-14-3-1-2-13(8-14)27-18-15(21(5-6-21)19(27)29)9-22-20(25-18)24-16-10-23-26-17(16)12-4-7-30-11-12/h9-10,12-14,28H,1-8,11H2,(H,23,26)(H,22,24,25)/t12?,13-,14-/m1/s1. The Morgan fingerprint density at radius 3 is 2.97 bits per heavy atom. The number of nitrogens with one attached hydrogen (secondary N) is 2. The van der Waals surface area contributed by atoms with Gasteiger partial charge in [-0.3, -0.25) is 14.8 Å². The quantitative estimate of drug-likeness (QED) is 0.707. The van der Waals surface area contributed by atoms with E-state index in [2.05, 4.69) is 20.5 Å². The van der Waals surface area contributed by atoms with E-state index < -0.39 is 5.41 Å². The predicted molar refractivity (Wildman–Crippen MR) is 109 cm³/mol. The number of aromatic nitrogens is 4. The fraction of sp³-hybridized carbons (Fsp3) is 0.619. The molecular weight excluding hydrogens is 384 g/mol. The largest absolute Gasteiger partial charge is 0.393 e. The molecule has 9 heteroatoms. The van der Waals surface area contributed by atoms with Crippen molar-refractivity contribution in [3.05, 3.63) is 23.7 Å². The zero-order chi connectivity index (χ0) is 20.3. The van der Waals surface area contributed by atoms with Crippen molar-refractivity contribution in [3.8, 4) is 0 Å². The number of aromatic amines is 1. The summed E-state index contributed by atoms with van der Waals surface area (Å²) < 4.78 is 5.50. The van der Waals surface area contributed by atoms with Crippen LogP contribution in [0.4, 0.5) is 17.5 Å². The van der Waals surface area contributed by atoms with Crippen LogP contribution in [0.25, 0.3) is 0 Å². The van der Waals surface area contributed by atoms with Gasteiger partial charge < -0.3 is 15.2 Å². The van der Waals surface area contributed by atoms with Crippen LogP contribution in [-0.2, 0) is 14.9 Å². The van der Waals surface area contributed by atoms with Gasteiger partial charge >= 0.3 is 0 Å². The first-order chi connectivity index (χ1) is 14.7. The molecule has 2 aromatic rings. The van der Waals surface area contributed by atoms with Crippen LogP contribution in [0.5, 0.6) is 0 Å². The van der Waals surface area contributed by atoms with E-state index in [9.17, 15) is 9.90 Å². The van der Waals surface area contributed by atoms with Crippen molar-refractivity contribution in [2.75, 3.05) is 23.4 Å². The fourth-order valence-corrected chi connectivity index (χ4v) is 5.30. The molecule has 2 aliphatic heterocycles. The lowest BCUT2D eigenvalue weighted by atomic mass is 9.92. The number of H-pyrrole nitrogens is 1. The van der Waals surface area contributed by atoms with Crippen molar-refractivity contribution in [2.45, 2.75) is 68.4 Å². The number of carbonyl (C=O) groups excluding carboxylic acids is 1. The van der Waals surface area contributed by atoms with Crippen LogP contribution >= 0.6 is 0 Å². The van der Waals surface area contributed by atoms with Crippen molar-refractivity contribution in [1.82, 2.24) is 20.2 Å². The molecule has 1 amide bonds. The number of hydrogen-bond donors (Lipinski definition) is 3. The molecule has 0 radical (unpaired) electrons. The molecule has 3 N–H and O–H groups in total. The van der Waals surface area contributed by atoms with Crippen molar-refractivity contribution in [3.63, 3.8) is 0 Å². The average molecular weight is 410 g/mol. The number of carbonyl (C=O) groups is 1. The molecule has 1 spiro atoms. The Labute approximate surface area is 174 Å². The van der Waals surface area contributed by atoms with E-state index in [1.165, 1.54) is 0 Å². The summed E-state index contributed by atoms with van der Waals surface area (Å²) >= 11 is 0. The van der Waals surface area contributed by atoms with Crippen LogP contribution in [-0.4, -0.2) is 56.5 Å². The number of fused-ring (bicyclic) bond motifs is 2. The molecule has 2 aromatic heterocycles. The van der Waals surface area contributed by atoms with Gasteiger partial charge in [0.2, 0.25) is 11.9 Å². The molecule has 3 atom stereocenters. The first-order valence-electron chi connectivity index (χ1n) is 10.9. The van der Waals surface area contributed by atoms with Gasteiger partial charge in [0.25, 0.3) is 0 Å². The number of hydrogen-bond acceptors (Lipinski definition) is 7. The van der Waals surface area contributed by atoms with E-state index in [1.54, 1.807) is 0 Å². The van der Waals surface area contributed by atoms with Gasteiger partial charge in [-0.2, -0.15) is 10.1 Å². The second-order valence-corrected chi connectivity index (χ2v) is 9.03. The Morgan fingerprint density at radius 2 is 2.20 bits per heavy atom. The number of nitrogens with zero attached hydrogens (tertiary/aromatic N) is 4. The summed E-state index contributed by atoms with van der Waals surface area (Å²) in [4.78, 5) is 24.5. The second-order valence-electron chi connectivity index (χ2n) is 9.03. The maximum absolute atomic E-state index is 13.3. The Kier molecular flexibility index (Phi) is 4.11. The van der Waals surface area contributed by atoms with Crippen molar-refractivity contribution < 1.29 is 14.6 Å². The lowest BCUT2D eigenvalue weighted by Gasteiger charge is -2.33. The van der Waals surface area contributed by atoms with Gasteiger partial charge in [0, 0.05) is 36.5 Å². The maximum atomic E-state index is 13.3. The molecule has 0 aromatic carbocycles. The molecule has 1 unspecified atom stereocenters. The van der Waals surface area contributed by atoms with E-state index in [0.29, 0.717) is 24.8 Å². The molecule has 2 saturated carbocycles. The highest BCUT2D eigenvalue weighted by Gasteiger charge is 2.61. The summed E-state index contributed by atoms with van der Waals surface area (Å²) in [6.07, 6.45) is 9.18. The van der Waals surface area contributed by atoms with Gasteiger partial charge in [-0.1, -0.05) is 0 Å². The summed E-state index contributed by atoms with van der Waals surface area (Å²) in [6, 6.07) is 0.00264. The lowest BCUT2D eigenvalue weighted by molar-refractivity contribution is -0.121. The van der Waals surface area contributed by atoms with Crippen LogP contribution < -0.4 is 10.2 Å². The van der Waals surface area contributed by atoms with Crippen molar-refractivity contribution in [2.24, 2.45) is 0 Å². The molecule has 9 nitrogen and oxygen atoms in total. The second kappa shape index (κ2) is 6.75. The number of anilines is 3. The Balaban J connectivity index is 1.33. The maximum Gasteiger partial charge on any atom is 0.239 e. The zero-order valence-corrected chi connectivity index (χ0v) is 16.8. The summed E-state index contributed by atoms with van der Waals surface area (Å²) in [5, 5.41) is 20.8. The first-order valence-corrected chi connectivity index (χ1v) is 10.9. The molecule has 3 fully saturated rings. The van der Waals surface area contributed by atoms with E-state index >= 15 is 0 Å². The van der Waals surface area contributed by atoms with Crippen molar-refractivity contribution >= 4 is 23.4 Å². The molecule has 0 bridgehead atoms. The Bertz CT molecular complexity index is 981. The minimum absolute atomic E-state index is 0.00264. The van der Waals surface area contributed by atoms with Gasteiger partial charge in [-0.05, 0) is 44.9 Å². The molecule has 4 heterocycles. The number of amides is 1. The van der Waals surface area contributed by atoms with Crippen LogP contribution in [0, 0.1) is 0 Å². The van der Waals surface area contributed by atoms with Crippen LogP contribution in [0.1, 0.15) is 62.1 Å². The fourth-order valence-electron chi connectivity index (χ4n) is 5.30. The van der Waals surface area contributed by atoms with Crippen LogP contribution in [0.3, 0.4) is 0 Å². The van der Waals surface area contributed by atoms with Crippen LogP contribution in [0.2, 0.25) is 0 Å². The number of ether oxygens (including phenoxy) is 1. The van der Waals surface area contributed by atoms with Crippen molar-refractivity contribution in [1.29, 1.82) is 0 Å². The normalized spacial score (nSPS) is 29.4. The molecular formula is C21H26N6O3. The monoisotopic (exact) mass is 410 g/mol. The van der Waals surface area contributed by atoms with E-state index in [4.69, 9.17) is 9.72 Å². The van der Waals surface area contributed by atoms with Crippen LogP contribution in [0.15, 0.2) is 12.4 Å². The summed E-state index contributed by atoms with van der Waals surface area (Å²) in [6.45, 7) is 1.41. The molecule has 6 rings (SSSR count). The molecule has 4 aliphatic rings. The number of rotatable bonds is 4. The van der Waals surface area contributed by atoms with E-state index in [-0.39, 0.29) is 24.0 Å². The predicted octanol–water partition coefficient (Wildman–Crippen LogP) is 2.13. The Hall–Kier alpha value is -2.52. The topological polar surface area (TPSA) is 116 Å². The summed E-state index contributed by atoms with van der Waals surface area (Å²) in [5.74, 6) is 1.56. The highest BCUT2D eigenvalue weighted by molar-refractivity contribution is 6.09. The lowest BCUT2D eigenvalue weighted by Crippen LogP contribution is -2.44. The summed E-state index contributed by atoms with van der Waals surface area (Å²) in [5.41, 5.74) is 2.28. The van der Waals surface area contributed by atoms with Gasteiger partial charge in [0.05, 0.1) is 29.5 Å². The number of aliphatic hydroxyl groups excluding tert-OH is 1. The first kappa shape index (κ1) is 18.3. The minimum Gasteiger partial charge on any atom is -0.393 e. The molecule has 2 aliphatic carbocycles. The zero-order valence-electron chi connectivity index (χ0n) is 16.8. The average Bonchev–Trinajstić information content (AvgIpc) is 3.07. The SMILES string of the molecule is O=C1N([C@@H]2CCC[C@@H](O)C2)c2nc(Nc3c[nH]nc3C3CCOC3)ncc2C12CC2. The van der Waals surface area contributed by atoms with E-state index in [1.807, 2.05) is 17.3 Å². The summed E-state index contributed by atoms with van der Waals surface area (Å²) in [7, 11) is 0. The molecule has 30 heavy (non-hydrogen) atoms. The smallest absolute Gasteiger partial charge is 0.239 e. The third kappa shape index (κ3) is 2.75. The van der Waals surface area contributed by atoms with E-state index in [0.717, 1.165) is 62.1 Å². The number of aliphatic hydroxyl groups is 1. The highest BCUT2D eigenvalue weighted by atomic mass is 16.5. The Morgan fingerprint density at radius 1 is 1.30 bits per heavy atom. The molecule has 158 valence electrons. The van der Waals surface area contributed by atoms with Gasteiger partial charge in [-0.25, -0.2) is 4.98 Å². The minimum atomic E-state index is -0.432. The van der Waals surface area contributed by atoms with Gasteiger partial charge in [0.15, 0.2) is 0 Å². The third-order valence-electron chi connectivity index (χ3n) is 7.11. The van der Waals surface area contributed by atoms with Gasteiger partial charge in [0.1, 0.15) is 5.82 Å².